The van der Waals surface area contributed by atoms with Gasteiger partial charge in [-0.15, -0.1) is 0 Å². The number of ether oxygens (including phenoxy) is 2. The zero-order chi connectivity index (χ0) is 11.0. The maximum Gasteiger partial charge on any atom is 0.163 e. The molecule has 0 bridgehead atoms. The lowest BCUT2D eigenvalue weighted by molar-refractivity contribution is -0.137. The second kappa shape index (κ2) is 7.94. The summed E-state index contributed by atoms with van der Waals surface area (Å²) in [6.07, 6.45) is 2.71. The highest BCUT2D eigenvalue weighted by Gasteiger charge is 2.11. The molecule has 0 aliphatic heterocycles. The molecule has 0 saturated heterocycles. The van der Waals surface area contributed by atoms with Crippen LogP contribution < -0.4 is 0 Å². The summed E-state index contributed by atoms with van der Waals surface area (Å²) in [6, 6.07) is 0. The molecule has 0 aliphatic carbocycles. The van der Waals surface area contributed by atoms with Crippen LogP contribution in [0.1, 0.15) is 39.5 Å². The maximum absolute atomic E-state index is 11.4. The molecule has 0 aliphatic rings. The van der Waals surface area contributed by atoms with E-state index in [-0.39, 0.29) is 12.1 Å². The van der Waals surface area contributed by atoms with Gasteiger partial charge in [-0.2, -0.15) is 0 Å². The number of rotatable bonds is 8. The van der Waals surface area contributed by atoms with Gasteiger partial charge in [0.2, 0.25) is 0 Å². The zero-order valence-electron chi connectivity index (χ0n) is 9.71. The molecular formula is C11H22O3. The summed E-state index contributed by atoms with van der Waals surface area (Å²) in [7, 11) is 3.10. The van der Waals surface area contributed by atoms with Crippen LogP contribution in [-0.2, 0) is 14.3 Å². The van der Waals surface area contributed by atoms with Crippen molar-refractivity contribution < 1.29 is 14.3 Å². The smallest absolute Gasteiger partial charge is 0.163 e. The summed E-state index contributed by atoms with van der Waals surface area (Å²) >= 11 is 0. The minimum absolute atomic E-state index is 0.222. The van der Waals surface area contributed by atoms with Gasteiger partial charge in [-0.1, -0.05) is 20.3 Å². The maximum atomic E-state index is 11.4. The number of carbonyl (C=O) groups excluding carboxylic acids is 1. The van der Waals surface area contributed by atoms with Gasteiger partial charge in [0, 0.05) is 20.6 Å². The fourth-order valence-electron chi connectivity index (χ4n) is 1.26. The summed E-state index contributed by atoms with van der Waals surface area (Å²) < 4.78 is 9.91. The van der Waals surface area contributed by atoms with Gasteiger partial charge >= 0.3 is 0 Å². The van der Waals surface area contributed by atoms with Crippen LogP contribution >= 0.6 is 0 Å². The molecule has 0 radical (unpaired) electrons. The van der Waals surface area contributed by atoms with Crippen LogP contribution in [-0.4, -0.2) is 26.3 Å². The van der Waals surface area contributed by atoms with Gasteiger partial charge in [0.25, 0.3) is 0 Å². The first-order valence-electron chi connectivity index (χ1n) is 5.17. The number of hydrogen-bond acceptors (Lipinski definition) is 3. The number of carbonyl (C=O) groups is 1. The Balaban J connectivity index is 3.54. The Kier molecular flexibility index (Phi) is 7.71. The average molecular weight is 202 g/mol. The van der Waals surface area contributed by atoms with Crippen molar-refractivity contribution >= 4 is 5.78 Å². The van der Waals surface area contributed by atoms with Gasteiger partial charge in [0.15, 0.2) is 6.29 Å². The van der Waals surface area contributed by atoms with Crippen molar-refractivity contribution in [2.75, 3.05) is 14.2 Å². The van der Waals surface area contributed by atoms with Crippen molar-refractivity contribution in [2.45, 2.75) is 45.8 Å². The van der Waals surface area contributed by atoms with Crippen molar-refractivity contribution in [3.05, 3.63) is 0 Å². The predicted molar refractivity (Wildman–Crippen MR) is 56.1 cm³/mol. The molecule has 0 atom stereocenters. The molecule has 3 nitrogen and oxygen atoms in total. The van der Waals surface area contributed by atoms with Crippen molar-refractivity contribution in [1.82, 2.24) is 0 Å². The van der Waals surface area contributed by atoms with Crippen LogP contribution in [0.5, 0.6) is 0 Å². The fourth-order valence-corrected chi connectivity index (χ4v) is 1.26. The first-order valence-corrected chi connectivity index (χ1v) is 5.17. The summed E-state index contributed by atoms with van der Waals surface area (Å²) in [4.78, 5) is 11.4. The van der Waals surface area contributed by atoms with E-state index in [0.717, 1.165) is 12.8 Å². The standard InChI is InChI=1S/C11H22O3/c1-9(2)6-5-7-10(12)8-11(13-3)14-4/h9,11H,5-8H2,1-4H3. The third-order valence-electron chi connectivity index (χ3n) is 2.16. The molecule has 0 aromatic carbocycles. The van der Waals surface area contributed by atoms with Crippen LogP contribution in [0.4, 0.5) is 0 Å². The van der Waals surface area contributed by atoms with E-state index in [9.17, 15) is 4.79 Å². The molecule has 0 fully saturated rings. The van der Waals surface area contributed by atoms with Gasteiger partial charge in [0.05, 0.1) is 6.42 Å². The molecule has 0 unspecified atom stereocenters. The van der Waals surface area contributed by atoms with Gasteiger partial charge in [-0.3, -0.25) is 4.79 Å². The largest absolute Gasteiger partial charge is 0.355 e. The lowest BCUT2D eigenvalue weighted by Gasteiger charge is -2.12. The molecule has 0 rings (SSSR count). The molecule has 14 heavy (non-hydrogen) atoms. The van der Waals surface area contributed by atoms with E-state index in [0.29, 0.717) is 18.8 Å². The second-order valence-corrected chi connectivity index (χ2v) is 3.93. The highest BCUT2D eigenvalue weighted by molar-refractivity contribution is 5.78. The van der Waals surface area contributed by atoms with E-state index in [4.69, 9.17) is 9.47 Å². The fraction of sp³-hybridized carbons (Fsp3) is 0.909. The van der Waals surface area contributed by atoms with Crippen LogP contribution in [0.2, 0.25) is 0 Å². The quantitative estimate of drug-likeness (QED) is 0.567. The van der Waals surface area contributed by atoms with Crippen molar-refractivity contribution in [3.8, 4) is 0 Å². The Labute approximate surface area is 86.8 Å². The van der Waals surface area contributed by atoms with Gasteiger partial charge in [0.1, 0.15) is 5.78 Å². The SMILES string of the molecule is COC(CC(=O)CCCC(C)C)OC. The first-order chi connectivity index (χ1) is 6.60. The summed E-state index contributed by atoms with van der Waals surface area (Å²) in [6.45, 7) is 4.33. The summed E-state index contributed by atoms with van der Waals surface area (Å²) in [5, 5.41) is 0. The summed E-state index contributed by atoms with van der Waals surface area (Å²) in [5.74, 6) is 0.891. The average Bonchev–Trinajstić information content (AvgIpc) is 2.13. The lowest BCUT2D eigenvalue weighted by atomic mass is 10.0. The van der Waals surface area contributed by atoms with Gasteiger partial charge in [-0.05, 0) is 12.3 Å². The van der Waals surface area contributed by atoms with Crippen molar-refractivity contribution in [1.29, 1.82) is 0 Å². The van der Waals surface area contributed by atoms with E-state index in [1.807, 2.05) is 0 Å². The molecule has 3 heteroatoms. The molecule has 84 valence electrons. The Morgan fingerprint density at radius 2 is 1.79 bits per heavy atom. The molecule has 0 N–H and O–H groups in total. The molecule has 0 spiro atoms. The minimum Gasteiger partial charge on any atom is -0.355 e. The lowest BCUT2D eigenvalue weighted by Crippen LogP contribution is -2.17. The topological polar surface area (TPSA) is 35.5 Å². The first kappa shape index (κ1) is 13.6. The molecule has 0 aromatic rings. The molecule has 0 amide bonds. The number of hydrogen-bond donors (Lipinski definition) is 0. The van der Waals surface area contributed by atoms with Crippen molar-refractivity contribution in [2.24, 2.45) is 5.92 Å². The Bertz CT molecular complexity index is 151. The monoisotopic (exact) mass is 202 g/mol. The number of Topliss-reactive ketones (excluding diaryl/α,β-unsaturated/α-hetero) is 1. The van der Waals surface area contributed by atoms with Gasteiger partial charge in [-0.25, -0.2) is 0 Å². The van der Waals surface area contributed by atoms with E-state index in [1.54, 1.807) is 14.2 Å². The normalized spacial score (nSPS) is 11.3. The van der Waals surface area contributed by atoms with Crippen LogP contribution in [0, 0.1) is 5.92 Å². The third-order valence-corrected chi connectivity index (χ3v) is 2.16. The Morgan fingerprint density at radius 1 is 1.21 bits per heavy atom. The highest BCUT2D eigenvalue weighted by Crippen LogP contribution is 2.09. The number of methoxy groups -OCH3 is 2. The Hall–Kier alpha value is -0.410. The van der Waals surface area contributed by atoms with Crippen LogP contribution in [0.15, 0.2) is 0 Å². The molecule has 0 saturated carbocycles. The zero-order valence-corrected chi connectivity index (χ0v) is 9.71. The minimum atomic E-state index is -0.374. The predicted octanol–water partition coefficient (Wildman–Crippen LogP) is 2.39. The second-order valence-electron chi connectivity index (χ2n) is 3.93. The number of ketones is 1. The summed E-state index contributed by atoms with van der Waals surface area (Å²) in [5.41, 5.74) is 0. The van der Waals surface area contributed by atoms with E-state index < -0.39 is 0 Å². The third kappa shape index (κ3) is 7.04. The van der Waals surface area contributed by atoms with Gasteiger partial charge < -0.3 is 9.47 Å². The highest BCUT2D eigenvalue weighted by atomic mass is 16.7. The van der Waals surface area contributed by atoms with Crippen LogP contribution in [0.3, 0.4) is 0 Å². The van der Waals surface area contributed by atoms with Crippen molar-refractivity contribution in [3.63, 3.8) is 0 Å². The molecule has 0 aromatic heterocycles. The molecular weight excluding hydrogens is 180 g/mol. The van der Waals surface area contributed by atoms with Crippen LogP contribution in [0.25, 0.3) is 0 Å². The van der Waals surface area contributed by atoms with E-state index in [1.165, 1.54) is 0 Å². The Morgan fingerprint density at radius 3 is 2.21 bits per heavy atom. The molecule has 0 heterocycles. The van der Waals surface area contributed by atoms with E-state index >= 15 is 0 Å². The van der Waals surface area contributed by atoms with E-state index in [2.05, 4.69) is 13.8 Å².